The molecule has 0 aliphatic rings. The minimum absolute atomic E-state index is 0.0315. The average molecular weight is 388 g/mol. The van der Waals surface area contributed by atoms with E-state index in [1.54, 1.807) is 17.8 Å². The van der Waals surface area contributed by atoms with Gasteiger partial charge in [-0.1, -0.05) is 37.3 Å². The zero-order valence-electron chi connectivity index (χ0n) is 15.9. The summed E-state index contributed by atoms with van der Waals surface area (Å²) in [4.78, 5) is 6.37. The van der Waals surface area contributed by atoms with Crippen molar-refractivity contribution in [1.29, 1.82) is 0 Å². The first-order valence-corrected chi connectivity index (χ1v) is 10.5. The van der Waals surface area contributed by atoms with Gasteiger partial charge in [0.25, 0.3) is 0 Å². The van der Waals surface area contributed by atoms with Gasteiger partial charge in [-0.15, -0.1) is 0 Å². The van der Waals surface area contributed by atoms with Gasteiger partial charge in [-0.2, -0.15) is 5.10 Å². The molecule has 0 amide bonds. The first-order chi connectivity index (χ1) is 12.9. The Bertz CT molecular complexity index is 992. The molecule has 7 nitrogen and oxygen atoms in total. The van der Waals surface area contributed by atoms with Crippen molar-refractivity contribution in [2.24, 2.45) is 7.05 Å². The monoisotopic (exact) mass is 387 g/mol. The number of aromatic nitrogens is 4. The van der Waals surface area contributed by atoms with E-state index in [4.69, 9.17) is 0 Å². The Morgan fingerprint density at radius 2 is 1.81 bits per heavy atom. The first-order valence-electron chi connectivity index (χ1n) is 8.86. The maximum absolute atomic E-state index is 12.5. The number of hydrogen-bond donors (Lipinski definition) is 0. The second kappa shape index (κ2) is 8.06. The SMILES string of the molecule is CCS(=O)(=O)c1ncc(CN(C)Cc2cnn(C)c2)n1Cc1ccccc1. The third kappa shape index (κ3) is 4.64. The van der Waals surface area contributed by atoms with Crippen molar-refractivity contribution in [2.45, 2.75) is 31.7 Å². The summed E-state index contributed by atoms with van der Waals surface area (Å²) in [7, 11) is 0.491. The topological polar surface area (TPSA) is 73.0 Å². The second-order valence-electron chi connectivity index (χ2n) is 6.70. The van der Waals surface area contributed by atoms with Gasteiger partial charge in [0.15, 0.2) is 0 Å². The van der Waals surface area contributed by atoms with E-state index >= 15 is 0 Å². The second-order valence-corrected chi connectivity index (χ2v) is 8.87. The number of hydrogen-bond acceptors (Lipinski definition) is 5. The number of nitrogens with zero attached hydrogens (tertiary/aromatic N) is 5. The van der Waals surface area contributed by atoms with Crippen molar-refractivity contribution >= 4 is 9.84 Å². The number of rotatable bonds is 8. The van der Waals surface area contributed by atoms with Crippen molar-refractivity contribution in [3.63, 3.8) is 0 Å². The molecule has 144 valence electrons. The Hall–Kier alpha value is -2.45. The fourth-order valence-electron chi connectivity index (χ4n) is 3.03. The van der Waals surface area contributed by atoms with E-state index in [0.717, 1.165) is 23.4 Å². The zero-order valence-corrected chi connectivity index (χ0v) is 16.7. The highest BCUT2D eigenvalue weighted by atomic mass is 32.2. The molecule has 0 fully saturated rings. The maximum atomic E-state index is 12.5. The summed E-state index contributed by atoms with van der Waals surface area (Å²) in [6.45, 7) is 3.44. The van der Waals surface area contributed by atoms with Gasteiger partial charge in [0, 0.05) is 31.9 Å². The van der Waals surface area contributed by atoms with Crippen molar-refractivity contribution < 1.29 is 8.42 Å². The molecule has 0 aliphatic carbocycles. The van der Waals surface area contributed by atoms with Crippen molar-refractivity contribution in [2.75, 3.05) is 12.8 Å². The Labute approximate surface area is 160 Å². The molecule has 0 saturated heterocycles. The molecule has 2 heterocycles. The Morgan fingerprint density at radius 1 is 1.07 bits per heavy atom. The molecule has 0 radical (unpaired) electrons. The summed E-state index contributed by atoms with van der Waals surface area (Å²) in [6, 6.07) is 9.84. The lowest BCUT2D eigenvalue weighted by Crippen LogP contribution is -2.21. The van der Waals surface area contributed by atoms with Crippen LogP contribution in [0, 0.1) is 0 Å². The van der Waals surface area contributed by atoms with Crippen LogP contribution in [0.3, 0.4) is 0 Å². The molecular weight excluding hydrogens is 362 g/mol. The summed E-state index contributed by atoms with van der Waals surface area (Å²) in [5.41, 5.74) is 3.02. The summed E-state index contributed by atoms with van der Waals surface area (Å²) in [5, 5.41) is 4.33. The molecule has 0 saturated carbocycles. The minimum atomic E-state index is -3.40. The highest BCUT2D eigenvalue weighted by Gasteiger charge is 2.22. The summed E-state index contributed by atoms with van der Waals surface area (Å²) >= 11 is 0. The van der Waals surface area contributed by atoms with E-state index in [1.807, 2.05) is 61.4 Å². The lowest BCUT2D eigenvalue weighted by Gasteiger charge is -2.18. The molecule has 3 aromatic rings. The van der Waals surface area contributed by atoms with Gasteiger partial charge >= 0.3 is 0 Å². The standard InChI is InChI=1S/C19H25N5O2S/c1-4-27(25,26)19-20-11-18(24(19)14-16-8-6-5-7-9-16)15-22(2)12-17-10-21-23(3)13-17/h5-11,13H,4,12,14-15H2,1-3H3. The number of benzene rings is 1. The molecule has 8 heteroatoms. The molecule has 0 unspecified atom stereocenters. The number of imidazole rings is 1. The highest BCUT2D eigenvalue weighted by molar-refractivity contribution is 7.91. The Balaban J connectivity index is 1.87. The van der Waals surface area contributed by atoms with Crippen LogP contribution in [0.5, 0.6) is 0 Å². The molecule has 2 aromatic heterocycles. The highest BCUT2D eigenvalue weighted by Crippen LogP contribution is 2.18. The Morgan fingerprint density at radius 3 is 2.44 bits per heavy atom. The van der Waals surface area contributed by atoms with Gasteiger partial charge in [0.05, 0.1) is 30.4 Å². The fourth-order valence-corrected chi connectivity index (χ4v) is 4.02. The van der Waals surface area contributed by atoms with E-state index in [0.29, 0.717) is 13.1 Å². The smallest absolute Gasteiger partial charge is 0.228 e. The molecule has 3 rings (SSSR count). The lowest BCUT2D eigenvalue weighted by molar-refractivity contribution is 0.309. The minimum Gasteiger partial charge on any atom is -0.313 e. The van der Waals surface area contributed by atoms with Crippen molar-refractivity contribution in [1.82, 2.24) is 24.2 Å². The van der Waals surface area contributed by atoms with Crippen LogP contribution in [0.25, 0.3) is 0 Å². The van der Waals surface area contributed by atoms with E-state index in [9.17, 15) is 8.42 Å². The quantitative estimate of drug-likeness (QED) is 0.592. The molecule has 27 heavy (non-hydrogen) atoms. The number of sulfone groups is 1. The predicted molar refractivity (Wildman–Crippen MR) is 104 cm³/mol. The van der Waals surface area contributed by atoms with Gasteiger partial charge in [0.1, 0.15) is 0 Å². The molecule has 1 aromatic carbocycles. The summed E-state index contributed by atoms with van der Waals surface area (Å²) < 4.78 is 28.6. The van der Waals surface area contributed by atoms with E-state index in [1.165, 1.54) is 0 Å². The molecule has 0 bridgehead atoms. The summed E-state index contributed by atoms with van der Waals surface area (Å²) in [6.07, 6.45) is 5.49. The van der Waals surface area contributed by atoms with Crippen LogP contribution in [0.1, 0.15) is 23.7 Å². The van der Waals surface area contributed by atoms with Crippen molar-refractivity contribution in [3.8, 4) is 0 Å². The van der Waals surface area contributed by atoms with E-state index in [2.05, 4.69) is 15.0 Å². The van der Waals surface area contributed by atoms with Crippen molar-refractivity contribution in [3.05, 3.63) is 65.7 Å². The molecule has 0 spiro atoms. The maximum Gasteiger partial charge on any atom is 0.228 e. The normalized spacial score (nSPS) is 12.0. The van der Waals surface area contributed by atoms with Gasteiger partial charge in [-0.25, -0.2) is 13.4 Å². The first kappa shape index (κ1) is 19.3. The lowest BCUT2D eigenvalue weighted by atomic mass is 10.2. The van der Waals surface area contributed by atoms with Gasteiger partial charge in [0.2, 0.25) is 15.0 Å². The van der Waals surface area contributed by atoms with E-state index < -0.39 is 9.84 Å². The predicted octanol–water partition coefficient (Wildman–Crippen LogP) is 2.09. The average Bonchev–Trinajstić information content (AvgIpc) is 3.22. The van der Waals surface area contributed by atoms with Crippen LogP contribution in [0.15, 0.2) is 54.1 Å². The zero-order chi connectivity index (χ0) is 19.4. The van der Waals surface area contributed by atoms with Crippen LogP contribution in [0.4, 0.5) is 0 Å². The van der Waals surface area contributed by atoms with Crippen LogP contribution >= 0.6 is 0 Å². The van der Waals surface area contributed by atoms with E-state index in [-0.39, 0.29) is 10.9 Å². The number of aryl methyl sites for hydroxylation is 1. The largest absolute Gasteiger partial charge is 0.313 e. The van der Waals surface area contributed by atoms with Crippen LogP contribution in [-0.4, -0.2) is 45.4 Å². The molecule has 0 aliphatic heterocycles. The Kier molecular flexibility index (Phi) is 5.76. The summed E-state index contributed by atoms with van der Waals surface area (Å²) in [5.74, 6) is 0.0315. The van der Waals surface area contributed by atoms with Gasteiger partial charge in [-0.05, 0) is 12.6 Å². The fraction of sp³-hybridized carbons (Fsp3) is 0.368. The molecular formula is C19H25N5O2S. The van der Waals surface area contributed by atoms with Gasteiger partial charge in [-0.3, -0.25) is 9.58 Å². The molecule has 0 N–H and O–H groups in total. The molecule has 0 atom stereocenters. The van der Waals surface area contributed by atoms with Gasteiger partial charge < -0.3 is 4.57 Å². The van der Waals surface area contributed by atoms with Crippen LogP contribution in [-0.2, 0) is 36.5 Å². The van der Waals surface area contributed by atoms with Crippen LogP contribution in [0.2, 0.25) is 0 Å². The van der Waals surface area contributed by atoms with Crippen LogP contribution < -0.4 is 0 Å². The third-order valence-electron chi connectivity index (χ3n) is 4.39. The third-order valence-corrected chi connectivity index (χ3v) is 6.03.